The molecule has 1 saturated heterocycles. The predicted molar refractivity (Wildman–Crippen MR) is 72.8 cm³/mol. The van der Waals surface area contributed by atoms with E-state index in [0.29, 0.717) is 28.2 Å². The van der Waals surface area contributed by atoms with Crippen molar-refractivity contribution in [1.82, 2.24) is 9.62 Å². The van der Waals surface area contributed by atoms with Crippen molar-refractivity contribution >= 4 is 45.4 Å². The molecule has 0 aliphatic carbocycles. The molecule has 2 rings (SSSR count). The first kappa shape index (κ1) is 15.2. The molecule has 0 aromatic carbocycles. The molecule has 1 aliphatic heterocycles. The largest absolute Gasteiger partial charge is 0.312 e. The van der Waals surface area contributed by atoms with Crippen molar-refractivity contribution in [2.75, 3.05) is 19.6 Å². The lowest BCUT2D eigenvalue weighted by atomic mass is 10.3. The highest BCUT2D eigenvalue weighted by Gasteiger charge is 2.29. The van der Waals surface area contributed by atoms with E-state index in [9.17, 15) is 8.42 Å². The molecular weight excluding hydrogens is 303 g/mol. The normalized spacial score (nSPS) is 22.1. The molecule has 2 heterocycles. The van der Waals surface area contributed by atoms with Crippen molar-refractivity contribution in [2.45, 2.75) is 17.2 Å². The monoisotopic (exact) mass is 316 g/mol. The fourth-order valence-corrected chi connectivity index (χ4v) is 4.85. The Hall–Kier alpha value is 0.150. The minimum Gasteiger partial charge on any atom is -0.312 e. The van der Waals surface area contributed by atoms with Crippen molar-refractivity contribution in [3.8, 4) is 0 Å². The third kappa shape index (κ3) is 3.33. The van der Waals surface area contributed by atoms with Crippen LogP contribution in [0.5, 0.6) is 0 Å². The number of sulfonamides is 1. The van der Waals surface area contributed by atoms with Gasteiger partial charge in [0.2, 0.25) is 0 Å². The minimum absolute atomic E-state index is 0. The third-order valence-corrected chi connectivity index (χ3v) is 6.04. The maximum atomic E-state index is 12.2. The second-order valence-electron chi connectivity index (χ2n) is 3.78. The molecule has 1 aromatic heterocycles. The maximum absolute atomic E-state index is 12.2. The topological polar surface area (TPSA) is 49.4 Å². The Labute approximate surface area is 116 Å². The summed E-state index contributed by atoms with van der Waals surface area (Å²) in [5.41, 5.74) is 0. The zero-order valence-corrected chi connectivity index (χ0v) is 12.4. The van der Waals surface area contributed by atoms with Gasteiger partial charge >= 0.3 is 0 Å². The Morgan fingerprint density at radius 2 is 2.24 bits per heavy atom. The van der Waals surface area contributed by atoms with Crippen LogP contribution < -0.4 is 5.32 Å². The summed E-state index contributed by atoms with van der Waals surface area (Å²) in [6, 6.07) is 3.37. The SMILES string of the molecule is CC1CN(S(=O)(=O)c2ccc(Cl)s2)CCN1.Cl. The fourth-order valence-electron chi connectivity index (χ4n) is 1.68. The molecular formula is C9H14Cl2N2O2S2. The van der Waals surface area contributed by atoms with Crippen LogP contribution in [0.3, 0.4) is 0 Å². The lowest BCUT2D eigenvalue weighted by molar-refractivity contribution is 0.311. The van der Waals surface area contributed by atoms with E-state index < -0.39 is 10.0 Å². The molecule has 0 spiro atoms. The molecule has 1 aliphatic rings. The Morgan fingerprint density at radius 3 is 2.76 bits per heavy atom. The quantitative estimate of drug-likeness (QED) is 0.905. The van der Waals surface area contributed by atoms with Crippen LogP contribution in [0.1, 0.15) is 6.92 Å². The molecule has 4 nitrogen and oxygen atoms in total. The summed E-state index contributed by atoms with van der Waals surface area (Å²) >= 11 is 6.86. The van der Waals surface area contributed by atoms with E-state index in [1.54, 1.807) is 12.1 Å². The number of thiophene rings is 1. The molecule has 8 heteroatoms. The van der Waals surface area contributed by atoms with Gasteiger partial charge in [0.1, 0.15) is 4.21 Å². The molecule has 1 N–H and O–H groups in total. The minimum atomic E-state index is -3.35. The fraction of sp³-hybridized carbons (Fsp3) is 0.556. The van der Waals surface area contributed by atoms with E-state index in [0.717, 1.165) is 11.3 Å². The second kappa shape index (κ2) is 5.86. The highest BCUT2D eigenvalue weighted by molar-refractivity contribution is 7.91. The van der Waals surface area contributed by atoms with Crippen LogP contribution in [-0.2, 0) is 10.0 Å². The van der Waals surface area contributed by atoms with Crippen molar-refractivity contribution < 1.29 is 8.42 Å². The van der Waals surface area contributed by atoms with Gasteiger partial charge in [0.15, 0.2) is 0 Å². The van der Waals surface area contributed by atoms with Gasteiger partial charge in [-0.2, -0.15) is 4.31 Å². The zero-order chi connectivity index (χ0) is 11.8. The summed E-state index contributed by atoms with van der Waals surface area (Å²) in [6.07, 6.45) is 0. The average Bonchev–Trinajstić information content (AvgIpc) is 2.65. The van der Waals surface area contributed by atoms with Gasteiger partial charge < -0.3 is 5.32 Å². The van der Waals surface area contributed by atoms with E-state index in [-0.39, 0.29) is 18.4 Å². The first-order valence-electron chi connectivity index (χ1n) is 4.99. The molecule has 0 bridgehead atoms. The van der Waals surface area contributed by atoms with Crippen molar-refractivity contribution in [2.24, 2.45) is 0 Å². The van der Waals surface area contributed by atoms with Gasteiger partial charge in [-0.15, -0.1) is 23.7 Å². The van der Waals surface area contributed by atoms with Crippen LogP contribution in [0.2, 0.25) is 4.34 Å². The summed E-state index contributed by atoms with van der Waals surface area (Å²) in [5, 5.41) is 3.21. The van der Waals surface area contributed by atoms with Crippen molar-refractivity contribution in [3.63, 3.8) is 0 Å². The molecule has 0 radical (unpaired) electrons. The van der Waals surface area contributed by atoms with E-state index in [4.69, 9.17) is 11.6 Å². The number of piperazine rings is 1. The standard InChI is InChI=1S/C9H13ClN2O2S2.ClH/c1-7-6-12(5-4-11-7)16(13,14)9-3-2-8(10)15-9;/h2-3,7,11H,4-6H2,1H3;1H. The van der Waals surface area contributed by atoms with Crippen LogP contribution >= 0.6 is 35.3 Å². The molecule has 0 saturated carbocycles. The molecule has 0 amide bonds. The van der Waals surface area contributed by atoms with Crippen LogP contribution in [0.4, 0.5) is 0 Å². The summed E-state index contributed by atoms with van der Waals surface area (Å²) in [6.45, 7) is 3.70. The van der Waals surface area contributed by atoms with Crippen LogP contribution in [0.15, 0.2) is 16.3 Å². The van der Waals surface area contributed by atoms with E-state index in [1.165, 1.54) is 4.31 Å². The highest BCUT2D eigenvalue weighted by atomic mass is 35.5. The smallest absolute Gasteiger partial charge is 0.252 e. The van der Waals surface area contributed by atoms with Crippen LogP contribution in [0, 0.1) is 0 Å². The van der Waals surface area contributed by atoms with Gasteiger partial charge in [0.05, 0.1) is 4.34 Å². The molecule has 1 fully saturated rings. The van der Waals surface area contributed by atoms with E-state index in [1.807, 2.05) is 6.92 Å². The number of hydrogen-bond acceptors (Lipinski definition) is 4. The Kier molecular flexibility index (Phi) is 5.24. The molecule has 1 aromatic rings. The highest BCUT2D eigenvalue weighted by Crippen LogP contribution is 2.28. The van der Waals surface area contributed by atoms with E-state index >= 15 is 0 Å². The van der Waals surface area contributed by atoms with Gasteiger partial charge in [-0.3, -0.25) is 0 Å². The lowest BCUT2D eigenvalue weighted by Crippen LogP contribution is -2.51. The van der Waals surface area contributed by atoms with Gasteiger partial charge in [-0.05, 0) is 19.1 Å². The number of hydrogen-bond donors (Lipinski definition) is 1. The summed E-state index contributed by atoms with van der Waals surface area (Å²) in [5.74, 6) is 0. The first-order chi connectivity index (χ1) is 7.50. The van der Waals surface area contributed by atoms with Crippen LogP contribution in [0.25, 0.3) is 0 Å². The van der Waals surface area contributed by atoms with Gasteiger partial charge in [0.25, 0.3) is 10.0 Å². The average molecular weight is 317 g/mol. The van der Waals surface area contributed by atoms with Gasteiger partial charge in [0, 0.05) is 25.7 Å². The zero-order valence-electron chi connectivity index (χ0n) is 9.22. The number of halogens is 2. The van der Waals surface area contributed by atoms with E-state index in [2.05, 4.69) is 5.32 Å². The summed E-state index contributed by atoms with van der Waals surface area (Å²) in [7, 11) is -3.35. The predicted octanol–water partition coefficient (Wildman–Crippen LogP) is 1.81. The molecule has 17 heavy (non-hydrogen) atoms. The second-order valence-corrected chi connectivity index (χ2v) is 7.66. The van der Waals surface area contributed by atoms with Gasteiger partial charge in [-0.1, -0.05) is 11.6 Å². The molecule has 1 atom stereocenters. The summed E-state index contributed by atoms with van der Waals surface area (Å²) < 4.78 is 26.7. The van der Waals surface area contributed by atoms with Crippen molar-refractivity contribution in [1.29, 1.82) is 0 Å². The number of nitrogens with one attached hydrogen (secondary N) is 1. The Bertz CT molecular complexity index is 475. The van der Waals surface area contributed by atoms with Gasteiger partial charge in [-0.25, -0.2) is 8.42 Å². The molecule has 1 unspecified atom stereocenters. The third-order valence-electron chi connectivity index (χ3n) is 2.47. The maximum Gasteiger partial charge on any atom is 0.252 e. The van der Waals surface area contributed by atoms with Crippen LogP contribution in [-0.4, -0.2) is 38.4 Å². The first-order valence-corrected chi connectivity index (χ1v) is 7.62. The number of nitrogens with zero attached hydrogens (tertiary/aromatic N) is 1. The lowest BCUT2D eigenvalue weighted by Gasteiger charge is -2.30. The molecule has 98 valence electrons. The summed E-state index contributed by atoms with van der Waals surface area (Å²) in [4.78, 5) is 0. The van der Waals surface area contributed by atoms with Crippen molar-refractivity contribution in [3.05, 3.63) is 16.5 Å². The number of rotatable bonds is 2. The Balaban J connectivity index is 0.00000144. The Morgan fingerprint density at radius 1 is 1.53 bits per heavy atom.